The minimum absolute atomic E-state index is 0.0777. The molecule has 0 saturated heterocycles. The third-order valence-corrected chi connectivity index (χ3v) is 4.73. The first-order valence-corrected chi connectivity index (χ1v) is 8.36. The predicted octanol–water partition coefficient (Wildman–Crippen LogP) is 2.92. The second-order valence-corrected chi connectivity index (χ2v) is 7.60. The Balaban J connectivity index is 2.23. The second kappa shape index (κ2) is 7.13. The zero-order valence-electron chi connectivity index (χ0n) is 13.6. The molecule has 1 atom stereocenters. The summed E-state index contributed by atoms with van der Waals surface area (Å²) in [5, 5.41) is 15.7. The van der Waals surface area contributed by atoms with Crippen molar-refractivity contribution in [2.45, 2.75) is 32.9 Å². The molecule has 0 aromatic heterocycles. The van der Waals surface area contributed by atoms with Gasteiger partial charge >= 0.3 is 0 Å². The fraction of sp³-hybridized carbons (Fsp3) is 0.333. The van der Waals surface area contributed by atoms with Crippen LogP contribution in [0, 0.1) is 0 Å². The minimum atomic E-state index is 0.0777. The van der Waals surface area contributed by atoms with E-state index in [1.807, 2.05) is 12.1 Å². The van der Waals surface area contributed by atoms with Gasteiger partial charge in [-0.2, -0.15) is 0 Å². The van der Waals surface area contributed by atoms with Crippen LogP contribution in [-0.2, 0) is 6.54 Å². The number of ether oxygens (including phenoxy) is 1. The highest BCUT2D eigenvalue weighted by atomic mass is 31.1. The summed E-state index contributed by atoms with van der Waals surface area (Å²) < 4.78 is 5.25. The third kappa shape index (κ3) is 4.72. The van der Waals surface area contributed by atoms with E-state index in [2.05, 4.69) is 44.3 Å². The van der Waals surface area contributed by atoms with Gasteiger partial charge in [0.05, 0.1) is 7.11 Å². The average molecular weight is 317 g/mol. The first-order chi connectivity index (χ1) is 10.4. The van der Waals surface area contributed by atoms with E-state index in [4.69, 9.17) is 4.74 Å². The van der Waals surface area contributed by atoms with Crippen molar-refractivity contribution < 1.29 is 9.84 Å². The molecule has 0 heterocycles. The number of benzene rings is 2. The monoisotopic (exact) mass is 317 g/mol. The van der Waals surface area contributed by atoms with E-state index in [1.54, 1.807) is 19.2 Å². The third-order valence-electron chi connectivity index (χ3n) is 3.30. The minimum Gasteiger partial charge on any atom is -0.507 e. The van der Waals surface area contributed by atoms with Gasteiger partial charge in [-0.1, -0.05) is 32.8 Å². The fourth-order valence-electron chi connectivity index (χ4n) is 2.04. The van der Waals surface area contributed by atoms with E-state index in [0.717, 1.165) is 17.6 Å². The molecule has 118 valence electrons. The Bertz CT molecular complexity index is 635. The van der Waals surface area contributed by atoms with Gasteiger partial charge in [-0.15, -0.1) is 0 Å². The normalized spacial score (nSPS) is 12.0. The Morgan fingerprint density at radius 3 is 2.50 bits per heavy atom. The summed E-state index contributed by atoms with van der Waals surface area (Å²) in [7, 11) is 2.04. The van der Waals surface area contributed by atoms with Crippen LogP contribution in [0.15, 0.2) is 42.5 Å². The van der Waals surface area contributed by atoms with Crippen molar-refractivity contribution in [2.75, 3.05) is 7.11 Å². The molecule has 0 spiro atoms. The Labute approximate surface area is 134 Å². The summed E-state index contributed by atoms with van der Waals surface area (Å²) in [6.45, 7) is 7.29. The number of hydrogen-bond donors (Lipinski definition) is 2. The fourth-order valence-corrected chi connectivity index (χ4v) is 3.27. The number of phenols is 1. The van der Waals surface area contributed by atoms with Crippen molar-refractivity contribution in [2.24, 2.45) is 0 Å². The molecule has 2 aromatic carbocycles. The van der Waals surface area contributed by atoms with Crippen LogP contribution in [-0.4, -0.2) is 17.8 Å². The quantitative estimate of drug-likeness (QED) is 0.833. The Morgan fingerprint density at radius 2 is 1.82 bits per heavy atom. The Morgan fingerprint density at radius 1 is 1.09 bits per heavy atom. The Hall–Kier alpha value is -1.57. The summed E-state index contributed by atoms with van der Waals surface area (Å²) in [6.07, 6.45) is 0. The van der Waals surface area contributed by atoms with Crippen LogP contribution in [0.2, 0.25) is 0 Å². The maximum atomic E-state index is 10.1. The largest absolute Gasteiger partial charge is 0.507 e. The summed E-state index contributed by atoms with van der Waals surface area (Å²) in [5.41, 5.74) is 1.34. The zero-order valence-corrected chi connectivity index (χ0v) is 14.6. The highest BCUT2D eigenvalue weighted by Crippen LogP contribution is 2.24. The van der Waals surface area contributed by atoms with E-state index in [0.29, 0.717) is 14.3 Å². The molecule has 22 heavy (non-hydrogen) atoms. The van der Waals surface area contributed by atoms with Gasteiger partial charge < -0.3 is 15.2 Å². The van der Waals surface area contributed by atoms with Crippen molar-refractivity contribution in [3.63, 3.8) is 0 Å². The van der Waals surface area contributed by atoms with Crippen molar-refractivity contribution in [1.29, 1.82) is 0 Å². The summed E-state index contributed by atoms with van der Waals surface area (Å²) in [4.78, 5) is 0. The highest BCUT2D eigenvalue weighted by molar-refractivity contribution is 7.55. The number of nitrogens with one attached hydrogen (secondary N) is 1. The molecule has 1 unspecified atom stereocenters. The topological polar surface area (TPSA) is 41.5 Å². The van der Waals surface area contributed by atoms with Gasteiger partial charge in [-0.25, -0.2) is 0 Å². The van der Waals surface area contributed by atoms with Crippen LogP contribution in [0.5, 0.6) is 11.5 Å². The van der Waals surface area contributed by atoms with E-state index in [1.165, 1.54) is 10.9 Å². The van der Waals surface area contributed by atoms with Crippen LogP contribution in [0.1, 0.15) is 26.3 Å². The molecule has 4 heteroatoms. The lowest BCUT2D eigenvalue weighted by Gasteiger charge is -2.21. The number of methoxy groups -OCH3 is 1. The first-order valence-electron chi connectivity index (χ1n) is 7.36. The molecule has 0 aliphatic rings. The van der Waals surface area contributed by atoms with E-state index in [-0.39, 0.29) is 5.54 Å². The molecule has 0 amide bonds. The zero-order chi connectivity index (χ0) is 16.2. The summed E-state index contributed by atoms with van der Waals surface area (Å²) in [5.74, 6) is 1.09. The molecule has 0 saturated carbocycles. The second-order valence-electron chi connectivity index (χ2n) is 6.27. The summed E-state index contributed by atoms with van der Waals surface area (Å²) >= 11 is 0. The van der Waals surface area contributed by atoms with E-state index >= 15 is 0 Å². The number of phenolic OH excluding ortho intramolecular Hbond substituents is 1. The lowest BCUT2D eigenvalue weighted by molar-refractivity contribution is 0.413. The average Bonchev–Trinajstić information content (AvgIpc) is 2.48. The maximum Gasteiger partial charge on any atom is 0.123 e. The van der Waals surface area contributed by atoms with E-state index in [9.17, 15) is 5.11 Å². The SMILES string of the molecule is COc1ccc(O)c(Pc2ccccc2CNC(C)(C)C)c1. The highest BCUT2D eigenvalue weighted by Gasteiger charge is 2.12. The molecule has 2 aromatic rings. The number of hydrogen-bond acceptors (Lipinski definition) is 3. The van der Waals surface area contributed by atoms with Crippen molar-refractivity contribution >= 4 is 19.2 Å². The molecular formula is C18H24NO2P. The molecule has 0 fully saturated rings. The first kappa shape index (κ1) is 16.8. The lowest BCUT2D eigenvalue weighted by atomic mass is 10.1. The lowest BCUT2D eigenvalue weighted by Crippen LogP contribution is -2.36. The molecular weight excluding hydrogens is 293 g/mol. The molecule has 0 radical (unpaired) electrons. The van der Waals surface area contributed by atoms with Gasteiger partial charge in [0.15, 0.2) is 0 Å². The summed E-state index contributed by atoms with van der Waals surface area (Å²) in [6, 6.07) is 13.7. The standard InChI is InChI=1S/C18H24NO2P/c1-18(2,3)19-12-13-7-5-6-8-16(13)22-17-11-14(21-4)9-10-15(17)20/h5-11,19-20,22H,12H2,1-4H3. The van der Waals surface area contributed by atoms with Crippen LogP contribution >= 0.6 is 8.58 Å². The smallest absolute Gasteiger partial charge is 0.123 e. The van der Waals surface area contributed by atoms with Crippen molar-refractivity contribution in [3.8, 4) is 11.5 Å². The van der Waals surface area contributed by atoms with Gasteiger partial charge in [0.2, 0.25) is 0 Å². The molecule has 0 aliphatic carbocycles. The van der Waals surface area contributed by atoms with Crippen molar-refractivity contribution in [1.82, 2.24) is 5.32 Å². The molecule has 0 bridgehead atoms. The van der Waals surface area contributed by atoms with Crippen LogP contribution in [0.3, 0.4) is 0 Å². The maximum absolute atomic E-state index is 10.1. The van der Waals surface area contributed by atoms with Gasteiger partial charge in [-0.3, -0.25) is 0 Å². The van der Waals surface area contributed by atoms with Crippen molar-refractivity contribution in [3.05, 3.63) is 48.0 Å². The van der Waals surface area contributed by atoms with E-state index < -0.39 is 0 Å². The Kier molecular flexibility index (Phi) is 5.44. The van der Waals surface area contributed by atoms with Crippen LogP contribution in [0.25, 0.3) is 0 Å². The van der Waals surface area contributed by atoms with Gasteiger partial charge in [0.25, 0.3) is 0 Å². The van der Waals surface area contributed by atoms with Gasteiger partial charge in [0.1, 0.15) is 11.5 Å². The van der Waals surface area contributed by atoms with Crippen LogP contribution < -0.4 is 20.7 Å². The molecule has 2 rings (SSSR count). The molecule has 2 N–H and O–H groups in total. The number of aromatic hydroxyl groups is 1. The van der Waals surface area contributed by atoms with Gasteiger partial charge in [-0.05, 0) is 49.8 Å². The molecule has 3 nitrogen and oxygen atoms in total. The number of rotatable bonds is 5. The molecule has 0 aliphatic heterocycles. The van der Waals surface area contributed by atoms with Crippen LogP contribution in [0.4, 0.5) is 0 Å². The predicted molar refractivity (Wildman–Crippen MR) is 95.3 cm³/mol. The van der Waals surface area contributed by atoms with Gasteiger partial charge in [0, 0.05) is 17.4 Å².